The number of carbonyl (C=O) groups excluding carboxylic acids is 1. The van der Waals surface area contributed by atoms with E-state index in [0.29, 0.717) is 11.3 Å². The molecule has 0 heterocycles. The molecule has 86 valence electrons. The predicted octanol–water partition coefficient (Wildman–Crippen LogP) is 3.01. The Kier molecular flexibility index (Phi) is 4.44. The van der Waals surface area contributed by atoms with Crippen LogP contribution in [-0.4, -0.2) is 24.7 Å². The molecule has 2 aromatic carbocycles. The van der Waals surface area contributed by atoms with E-state index in [-0.39, 0.29) is 5.78 Å². The molecule has 18 heavy (non-hydrogen) atoms. The van der Waals surface area contributed by atoms with E-state index < -0.39 is 0 Å². The Balaban J connectivity index is 2.29. The Labute approximate surface area is 117 Å². The maximum absolute atomic E-state index is 12.0. The first-order chi connectivity index (χ1) is 8.81. The van der Waals surface area contributed by atoms with Crippen LogP contribution in [0.25, 0.3) is 5.76 Å². The molecular weight excluding hydrogens is 282 g/mol. The van der Waals surface area contributed by atoms with Crippen molar-refractivity contribution in [1.82, 2.24) is 0 Å². The molecule has 0 saturated heterocycles. The van der Waals surface area contributed by atoms with Gasteiger partial charge in [-0.1, -0.05) is 0 Å². The Bertz CT molecular complexity index is 547. The van der Waals surface area contributed by atoms with Crippen LogP contribution in [-0.2, 0) is 3.53 Å². The van der Waals surface area contributed by atoms with Crippen molar-refractivity contribution >= 4 is 30.5 Å². The standard InChI is InChI=1S/C15H12O2.Ga/c16-14(12-7-3-1-4-8-12)11-15(17)13-9-5-2-6-10-13;/h1-11,16H;/q;+1/p-1/b14-11-;. The topological polar surface area (TPSA) is 26.3 Å². The number of ketones is 1. The van der Waals surface area contributed by atoms with Crippen molar-refractivity contribution in [3.63, 3.8) is 0 Å². The predicted molar refractivity (Wildman–Crippen MR) is 72.0 cm³/mol. The Hall–Kier alpha value is -1.71. The van der Waals surface area contributed by atoms with Crippen molar-refractivity contribution in [2.24, 2.45) is 0 Å². The van der Waals surface area contributed by atoms with Crippen LogP contribution in [0.3, 0.4) is 0 Å². The normalized spacial score (nSPS) is 11.0. The molecule has 0 amide bonds. The van der Waals surface area contributed by atoms with Gasteiger partial charge in [-0.05, 0) is 0 Å². The fourth-order valence-electron chi connectivity index (χ4n) is 1.59. The summed E-state index contributed by atoms with van der Waals surface area (Å²) in [5.74, 6) is 0.552. The molecule has 0 N–H and O–H groups in total. The van der Waals surface area contributed by atoms with Gasteiger partial charge in [0, 0.05) is 0 Å². The zero-order valence-corrected chi connectivity index (χ0v) is 12.2. The molecule has 0 saturated carbocycles. The van der Waals surface area contributed by atoms with Gasteiger partial charge in [0.15, 0.2) is 0 Å². The van der Waals surface area contributed by atoms with Crippen LogP contribution >= 0.6 is 0 Å². The van der Waals surface area contributed by atoms with Gasteiger partial charge in [0.2, 0.25) is 0 Å². The van der Waals surface area contributed by atoms with Gasteiger partial charge in [0.05, 0.1) is 0 Å². The molecule has 0 bridgehead atoms. The molecule has 0 aliphatic rings. The van der Waals surface area contributed by atoms with Crippen LogP contribution in [0.1, 0.15) is 15.9 Å². The van der Waals surface area contributed by atoms with E-state index in [1.54, 1.807) is 12.1 Å². The molecule has 0 fully saturated rings. The molecule has 0 atom stereocenters. The van der Waals surface area contributed by atoms with Gasteiger partial charge in [-0.2, -0.15) is 0 Å². The van der Waals surface area contributed by atoms with Crippen LogP contribution < -0.4 is 0 Å². The van der Waals surface area contributed by atoms with Gasteiger partial charge < -0.3 is 0 Å². The number of hydrogen-bond acceptors (Lipinski definition) is 2. The van der Waals surface area contributed by atoms with E-state index in [1.807, 2.05) is 48.5 Å². The molecule has 2 rings (SSSR count). The summed E-state index contributed by atoms with van der Waals surface area (Å²) in [5, 5.41) is 0. The zero-order chi connectivity index (χ0) is 12.8. The molecule has 0 unspecified atom stereocenters. The monoisotopic (exact) mass is 292 g/mol. The summed E-state index contributed by atoms with van der Waals surface area (Å²) < 4.78 is 5.33. The van der Waals surface area contributed by atoms with Gasteiger partial charge in [-0.15, -0.1) is 0 Å². The van der Waals surface area contributed by atoms with Gasteiger partial charge in [-0.3, -0.25) is 0 Å². The van der Waals surface area contributed by atoms with E-state index in [0.717, 1.165) is 24.5 Å². The van der Waals surface area contributed by atoms with Crippen LogP contribution in [0, 0.1) is 0 Å². The van der Waals surface area contributed by atoms with E-state index in [1.165, 1.54) is 6.08 Å². The van der Waals surface area contributed by atoms with Gasteiger partial charge >= 0.3 is 117 Å². The SMILES string of the molecule is O=C(/C=C(\[O][Ga])c1ccccc1)c1ccccc1. The van der Waals surface area contributed by atoms with Crippen molar-refractivity contribution in [3.05, 3.63) is 77.9 Å². The summed E-state index contributed by atoms with van der Waals surface area (Å²) in [6.45, 7) is 0. The van der Waals surface area contributed by atoms with Crippen molar-refractivity contribution in [3.8, 4) is 0 Å². The average Bonchev–Trinajstić information content (AvgIpc) is 2.46. The maximum atomic E-state index is 12.0. The molecule has 0 aromatic heterocycles. The van der Waals surface area contributed by atoms with Gasteiger partial charge in [-0.25, -0.2) is 0 Å². The van der Waals surface area contributed by atoms with Crippen molar-refractivity contribution in [2.75, 3.05) is 0 Å². The summed E-state index contributed by atoms with van der Waals surface area (Å²) in [6, 6.07) is 18.8. The van der Waals surface area contributed by atoms with Crippen LogP contribution in [0.5, 0.6) is 0 Å². The first kappa shape index (κ1) is 12.7. The minimum atomic E-state index is -0.0490. The second-order valence-corrected chi connectivity index (χ2v) is 4.22. The first-order valence-corrected chi connectivity index (χ1v) is 6.53. The second-order valence-electron chi connectivity index (χ2n) is 3.72. The fraction of sp³-hybridized carbons (Fsp3) is 0. The van der Waals surface area contributed by atoms with E-state index in [2.05, 4.69) is 0 Å². The molecular formula is C15H11GaO2. The van der Waals surface area contributed by atoms with Gasteiger partial charge in [0.25, 0.3) is 0 Å². The molecule has 0 spiro atoms. The molecule has 3 heteroatoms. The molecule has 2 nitrogen and oxygen atoms in total. The molecule has 0 aliphatic heterocycles. The first-order valence-electron chi connectivity index (χ1n) is 5.54. The van der Waals surface area contributed by atoms with Crippen LogP contribution in [0.4, 0.5) is 0 Å². The van der Waals surface area contributed by atoms with Crippen molar-refractivity contribution < 1.29 is 8.32 Å². The number of allylic oxidation sites excluding steroid dienone is 1. The average molecular weight is 293 g/mol. The number of hydrogen-bond donors (Lipinski definition) is 0. The number of rotatable bonds is 4. The van der Waals surface area contributed by atoms with E-state index in [9.17, 15) is 4.79 Å². The fourth-order valence-corrected chi connectivity index (χ4v) is 2.02. The van der Waals surface area contributed by atoms with Crippen LogP contribution in [0.15, 0.2) is 66.7 Å². The van der Waals surface area contributed by atoms with Gasteiger partial charge in [0.1, 0.15) is 0 Å². The molecule has 2 radical (unpaired) electrons. The third kappa shape index (κ3) is 3.15. The third-order valence-corrected chi connectivity index (χ3v) is 3.04. The Morgan fingerprint density at radius 3 is 1.89 bits per heavy atom. The Morgan fingerprint density at radius 2 is 1.39 bits per heavy atom. The quantitative estimate of drug-likeness (QED) is 0.375. The minimum absolute atomic E-state index is 0.0490. The van der Waals surface area contributed by atoms with E-state index in [4.69, 9.17) is 3.53 Å². The van der Waals surface area contributed by atoms with Crippen molar-refractivity contribution in [1.29, 1.82) is 0 Å². The summed E-state index contributed by atoms with van der Waals surface area (Å²) in [5.41, 5.74) is 1.57. The van der Waals surface area contributed by atoms with Crippen LogP contribution in [0.2, 0.25) is 0 Å². The Morgan fingerprint density at radius 1 is 0.889 bits per heavy atom. The van der Waals surface area contributed by atoms with E-state index >= 15 is 0 Å². The number of carbonyl (C=O) groups is 1. The third-order valence-electron chi connectivity index (χ3n) is 2.51. The number of benzene rings is 2. The van der Waals surface area contributed by atoms with Crippen molar-refractivity contribution in [2.45, 2.75) is 0 Å². The molecule has 2 aromatic rings. The summed E-state index contributed by atoms with van der Waals surface area (Å²) in [6.07, 6.45) is 1.53. The second kappa shape index (κ2) is 6.28. The zero-order valence-electron chi connectivity index (χ0n) is 9.74. The summed E-state index contributed by atoms with van der Waals surface area (Å²) in [7, 11) is 0. The molecule has 0 aliphatic carbocycles. The summed E-state index contributed by atoms with van der Waals surface area (Å²) in [4.78, 5) is 12.0. The summed E-state index contributed by atoms with van der Waals surface area (Å²) >= 11 is 1.11.